The quantitative estimate of drug-likeness (QED) is 0.580. The molecule has 0 saturated carbocycles. The van der Waals surface area contributed by atoms with Gasteiger partial charge in [-0.3, -0.25) is 20.4 Å². The molecule has 0 aliphatic carbocycles. The van der Waals surface area contributed by atoms with Crippen LogP contribution < -0.4 is 5.48 Å². The number of nitro groups is 1. The van der Waals surface area contributed by atoms with E-state index < -0.39 is 17.5 Å². The third kappa shape index (κ3) is 2.92. The predicted molar refractivity (Wildman–Crippen MR) is 55.0 cm³/mol. The highest BCUT2D eigenvalue weighted by atomic mass is 16.7. The number of aliphatic carboxylic acids is 1. The second-order valence-corrected chi connectivity index (χ2v) is 3.01. The number of rotatable bonds is 5. The van der Waals surface area contributed by atoms with Crippen LogP contribution in [-0.2, 0) is 9.63 Å². The van der Waals surface area contributed by atoms with E-state index >= 15 is 0 Å². The van der Waals surface area contributed by atoms with Crippen LogP contribution in [0.15, 0.2) is 18.2 Å². The lowest BCUT2D eigenvalue weighted by atomic mass is 10.2. The molecular formula is C9H10N2O5. The highest BCUT2D eigenvalue weighted by Gasteiger charge is 2.15. The molecule has 2 N–H and O–H groups in total. The molecule has 0 heterocycles. The number of hydrogen-bond donors (Lipinski definition) is 2. The van der Waals surface area contributed by atoms with Crippen molar-refractivity contribution in [3.05, 3.63) is 33.9 Å². The van der Waals surface area contributed by atoms with Gasteiger partial charge in [0, 0.05) is 6.07 Å². The summed E-state index contributed by atoms with van der Waals surface area (Å²) >= 11 is 0. The molecule has 0 fully saturated rings. The Morgan fingerprint density at radius 2 is 2.31 bits per heavy atom. The summed E-state index contributed by atoms with van der Waals surface area (Å²) in [4.78, 5) is 24.9. The summed E-state index contributed by atoms with van der Waals surface area (Å²) in [7, 11) is 0. The van der Waals surface area contributed by atoms with E-state index in [1.165, 1.54) is 12.1 Å². The van der Waals surface area contributed by atoms with Crippen LogP contribution in [-0.4, -0.2) is 22.6 Å². The van der Waals surface area contributed by atoms with Gasteiger partial charge in [-0.15, -0.1) is 0 Å². The number of carboxylic acids is 1. The van der Waals surface area contributed by atoms with Gasteiger partial charge < -0.3 is 5.11 Å². The first-order chi connectivity index (χ1) is 7.52. The van der Waals surface area contributed by atoms with Gasteiger partial charge in [0.1, 0.15) is 5.69 Å². The number of carboxylic acid groups (broad SMARTS) is 1. The molecule has 0 bridgehead atoms. The summed E-state index contributed by atoms with van der Waals surface area (Å²) < 4.78 is 0. The third-order valence-electron chi connectivity index (χ3n) is 1.82. The standard InChI is InChI=1S/C9H10N2O5/c1-6-3-2-4-7(11(14)15)9(6)10-16-5-8(12)13/h2-4,10H,5H2,1H3,(H,12,13). The molecule has 86 valence electrons. The largest absolute Gasteiger partial charge is 0.479 e. The number of benzene rings is 1. The molecule has 0 aromatic heterocycles. The van der Waals surface area contributed by atoms with Gasteiger partial charge in [-0.2, -0.15) is 0 Å². The normalized spacial score (nSPS) is 9.81. The van der Waals surface area contributed by atoms with Crippen LogP contribution in [0.5, 0.6) is 0 Å². The molecule has 16 heavy (non-hydrogen) atoms. The summed E-state index contributed by atoms with van der Waals surface area (Å²) in [6, 6.07) is 4.49. The Morgan fingerprint density at radius 1 is 1.62 bits per heavy atom. The number of nitrogens with one attached hydrogen (secondary N) is 1. The van der Waals surface area contributed by atoms with Crippen molar-refractivity contribution in [1.29, 1.82) is 0 Å². The Balaban J connectivity index is 2.84. The summed E-state index contributed by atoms with van der Waals surface area (Å²) in [5, 5.41) is 19.0. The molecule has 7 heteroatoms. The average Bonchev–Trinajstić information content (AvgIpc) is 2.19. The lowest BCUT2D eigenvalue weighted by Gasteiger charge is -2.08. The molecule has 0 radical (unpaired) electrons. The predicted octanol–water partition coefficient (Wildman–Crippen LogP) is 1.33. The molecule has 7 nitrogen and oxygen atoms in total. The SMILES string of the molecule is Cc1cccc([N+](=O)[O-])c1NOCC(=O)O. The number of anilines is 1. The summed E-state index contributed by atoms with van der Waals surface area (Å²) in [5.41, 5.74) is 2.87. The number of para-hydroxylation sites is 1. The van der Waals surface area contributed by atoms with E-state index in [0.29, 0.717) is 5.56 Å². The van der Waals surface area contributed by atoms with Gasteiger partial charge in [-0.05, 0) is 12.5 Å². The van der Waals surface area contributed by atoms with Crippen LogP contribution in [0.25, 0.3) is 0 Å². The first kappa shape index (κ1) is 11.9. The van der Waals surface area contributed by atoms with E-state index in [9.17, 15) is 14.9 Å². The maximum absolute atomic E-state index is 10.7. The average molecular weight is 226 g/mol. The number of nitrogens with zero attached hydrogens (tertiary/aromatic N) is 1. The zero-order chi connectivity index (χ0) is 12.1. The van der Waals surface area contributed by atoms with Gasteiger partial charge in [0.25, 0.3) is 5.69 Å². The molecule has 0 unspecified atom stereocenters. The summed E-state index contributed by atoms with van der Waals surface area (Å²) in [5.74, 6) is -1.16. The molecule has 0 spiro atoms. The van der Waals surface area contributed by atoms with Gasteiger partial charge in [0.2, 0.25) is 0 Å². The van der Waals surface area contributed by atoms with E-state index in [4.69, 9.17) is 5.11 Å². The van der Waals surface area contributed by atoms with Gasteiger partial charge in [-0.25, -0.2) is 4.79 Å². The van der Waals surface area contributed by atoms with E-state index in [-0.39, 0.29) is 11.4 Å². The number of carbonyl (C=O) groups is 1. The molecule has 0 amide bonds. The van der Waals surface area contributed by atoms with Crippen molar-refractivity contribution in [1.82, 2.24) is 0 Å². The molecular weight excluding hydrogens is 216 g/mol. The lowest BCUT2D eigenvalue weighted by Crippen LogP contribution is -2.12. The Morgan fingerprint density at radius 3 is 2.88 bits per heavy atom. The van der Waals surface area contributed by atoms with Gasteiger partial charge in [0.05, 0.1) is 4.92 Å². The van der Waals surface area contributed by atoms with Gasteiger partial charge in [-0.1, -0.05) is 12.1 Å². The maximum Gasteiger partial charge on any atom is 0.332 e. The summed E-state index contributed by atoms with van der Waals surface area (Å²) in [6.45, 7) is 1.07. The smallest absolute Gasteiger partial charge is 0.332 e. The third-order valence-corrected chi connectivity index (χ3v) is 1.82. The Kier molecular flexibility index (Phi) is 3.78. The molecule has 1 aromatic carbocycles. The number of aryl methyl sites for hydroxylation is 1. The Bertz CT molecular complexity index is 418. The van der Waals surface area contributed by atoms with E-state index in [2.05, 4.69) is 10.3 Å². The first-order valence-corrected chi connectivity index (χ1v) is 4.36. The lowest BCUT2D eigenvalue weighted by molar-refractivity contribution is -0.384. The van der Waals surface area contributed by atoms with E-state index in [1.807, 2.05) is 0 Å². The van der Waals surface area contributed by atoms with Crippen molar-refractivity contribution in [3.8, 4) is 0 Å². The fourth-order valence-electron chi connectivity index (χ4n) is 1.11. The highest BCUT2D eigenvalue weighted by Crippen LogP contribution is 2.27. The van der Waals surface area contributed by atoms with Gasteiger partial charge in [0.15, 0.2) is 6.61 Å². The van der Waals surface area contributed by atoms with Crippen molar-refractivity contribution >= 4 is 17.3 Å². The van der Waals surface area contributed by atoms with Crippen LogP contribution in [0.1, 0.15) is 5.56 Å². The van der Waals surface area contributed by atoms with Crippen molar-refractivity contribution < 1.29 is 19.7 Å². The van der Waals surface area contributed by atoms with Crippen molar-refractivity contribution in [2.75, 3.05) is 12.1 Å². The van der Waals surface area contributed by atoms with Crippen molar-refractivity contribution in [2.45, 2.75) is 6.92 Å². The number of nitro benzene ring substituents is 1. The zero-order valence-corrected chi connectivity index (χ0v) is 8.47. The zero-order valence-electron chi connectivity index (χ0n) is 8.47. The van der Waals surface area contributed by atoms with Crippen molar-refractivity contribution in [3.63, 3.8) is 0 Å². The molecule has 0 aliphatic heterocycles. The number of hydrogen-bond acceptors (Lipinski definition) is 5. The van der Waals surface area contributed by atoms with Crippen molar-refractivity contribution in [2.24, 2.45) is 0 Å². The maximum atomic E-state index is 10.7. The minimum Gasteiger partial charge on any atom is -0.479 e. The Hall–Kier alpha value is -2.15. The van der Waals surface area contributed by atoms with E-state index in [0.717, 1.165) is 0 Å². The Labute approximate surface area is 90.8 Å². The molecule has 1 aromatic rings. The highest BCUT2D eigenvalue weighted by molar-refractivity contribution is 5.69. The van der Waals surface area contributed by atoms with Crippen LogP contribution in [0.4, 0.5) is 11.4 Å². The first-order valence-electron chi connectivity index (χ1n) is 4.36. The monoisotopic (exact) mass is 226 g/mol. The fraction of sp³-hybridized carbons (Fsp3) is 0.222. The van der Waals surface area contributed by atoms with Crippen LogP contribution in [0.3, 0.4) is 0 Å². The van der Waals surface area contributed by atoms with Crippen LogP contribution >= 0.6 is 0 Å². The minimum atomic E-state index is -1.16. The molecule has 0 saturated heterocycles. The topological polar surface area (TPSA) is 102 Å². The fourth-order valence-corrected chi connectivity index (χ4v) is 1.11. The molecule has 0 aliphatic rings. The van der Waals surface area contributed by atoms with Crippen LogP contribution in [0.2, 0.25) is 0 Å². The van der Waals surface area contributed by atoms with Gasteiger partial charge >= 0.3 is 5.97 Å². The second-order valence-electron chi connectivity index (χ2n) is 3.01. The van der Waals surface area contributed by atoms with E-state index in [1.54, 1.807) is 13.0 Å². The minimum absolute atomic E-state index is 0.161. The van der Waals surface area contributed by atoms with Crippen LogP contribution in [0, 0.1) is 17.0 Å². The summed E-state index contributed by atoms with van der Waals surface area (Å²) in [6.07, 6.45) is 0. The second kappa shape index (κ2) is 5.08. The molecule has 0 atom stereocenters. The molecule has 1 rings (SSSR count).